The van der Waals surface area contributed by atoms with Gasteiger partial charge in [-0.05, 0) is 172 Å². The molecule has 0 N–H and O–H groups in total. The molecular formula is C93H115F9N10O4. The van der Waals surface area contributed by atoms with E-state index in [9.17, 15) is 59.7 Å². The summed E-state index contributed by atoms with van der Waals surface area (Å²) in [7, 11) is 0. The molecule has 624 valence electrons. The third-order valence-corrected chi connectivity index (χ3v) is 18.6. The monoisotopic (exact) mass is 1610 g/mol. The number of nitriles is 4. The number of nitro groups is 2. The van der Waals surface area contributed by atoms with Crippen LogP contribution < -0.4 is 0 Å². The van der Waals surface area contributed by atoms with E-state index in [0.717, 1.165) is 60.9 Å². The lowest BCUT2D eigenvalue weighted by atomic mass is 9.79. The summed E-state index contributed by atoms with van der Waals surface area (Å²) in [6.07, 6.45) is 14.0. The van der Waals surface area contributed by atoms with Gasteiger partial charge < -0.3 is 4.90 Å². The summed E-state index contributed by atoms with van der Waals surface area (Å²) < 4.78 is 117. The van der Waals surface area contributed by atoms with Gasteiger partial charge in [-0.3, -0.25) is 35.2 Å². The zero-order valence-corrected chi connectivity index (χ0v) is 71.4. The molecule has 0 radical (unpaired) electrons. The lowest BCUT2D eigenvalue weighted by Crippen LogP contribution is -2.19. The molecule has 0 amide bonds. The maximum atomic E-state index is 13.3. The lowest BCUT2D eigenvalue weighted by Gasteiger charge is -2.23. The number of pyridine rings is 3. The summed E-state index contributed by atoms with van der Waals surface area (Å²) in [4.78, 5) is 33.9. The van der Waals surface area contributed by atoms with E-state index in [0.29, 0.717) is 33.4 Å². The van der Waals surface area contributed by atoms with Crippen LogP contribution in [0.4, 0.5) is 50.9 Å². The molecule has 4 heterocycles. The Balaban J connectivity index is 0.000000646. The van der Waals surface area contributed by atoms with E-state index in [4.69, 9.17) is 21.0 Å². The van der Waals surface area contributed by atoms with Crippen molar-refractivity contribution in [2.45, 2.75) is 225 Å². The molecule has 1 atom stereocenters. The Kier molecular flexibility index (Phi) is 42.9. The average molecular weight is 1610 g/mol. The highest BCUT2D eigenvalue weighted by molar-refractivity contribution is 5.49. The minimum absolute atomic E-state index is 0.0347. The van der Waals surface area contributed by atoms with E-state index < -0.39 is 56.1 Å². The van der Waals surface area contributed by atoms with Crippen LogP contribution in [0.25, 0.3) is 12.2 Å². The van der Waals surface area contributed by atoms with Gasteiger partial charge in [-0.1, -0.05) is 209 Å². The molecule has 1 aliphatic heterocycles. The standard InChI is InChI=1S/2C11H15N.2C10H10FN.C9H8F4.2C9H10FNO2.C8H10FN.C8H14N2.C8H13N/c1-5-10-9(11(2,3)4)7-6-8-12-10;1-5-9-7-6-8-10(12-9)11(2,3)4;1-7(2)9-5-8(6-12)3-4-10(9)11;1-7(2)9-5-3-4-8(6-12)10(9)11;1-4(2)7-8(12)5(10)3-6(11)9(7)13;1-6(2)8-5-7(11(12)13)3-4-9(8)10;1-6(2)7-4-3-5-8(9(7)10)11(12)13;1-6(2)7-5-10-4-3-8(7)9;1-7(2)8-3-4-10(5-8)6-9;1-7(2,3)8(6-9)4-5-8/h2*5-8H,1H2,2-4H3;2*3-5,7H,1-2H3;3-4H,1-2H3;2*3-6H,1-2H3;3-6H,1-2H3;7-8H,3-5H2,1-2H3;4-5H2,1-3H3. The summed E-state index contributed by atoms with van der Waals surface area (Å²) in [5, 5.41) is 55.1. The third kappa shape index (κ3) is 33.4. The van der Waals surface area contributed by atoms with Crippen molar-refractivity contribution in [3.8, 4) is 24.4 Å². The van der Waals surface area contributed by atoms with E-state index in [2.05, 4.69) is 123 Å². The Bertz CT molecular complexity index is 4640. The zero-order chi connectivity index (χ0) is 89.1. The van der Waals surface area contributed by atoms with Crippen LogP contribution in [0, 0.1) is 141 Å². The van der Waals surface area contributed by atoms with E-state index in [1.54, 1.807) is 76.5 Å². The molecule has 1 aliphatic carbocycles. The summed E-state index contributed by atoms with van der Waals surface area (Å²) in [5.41, 5.74) is 7.04. The minimum atomic E-state index is -1.36. The van der Waals surface area contributed by atoms with Crippen LogP contribution in [-0.2, 0) is 10.8 Å². The van der Waals surface area contributed by atoms with Crippen molar-refractivity contribution in [1.29, 1.82) is 21.0 Å². The fourth-order valence-electron chi connectivity index (χ4n) is 11.0. The molecule has 1 unspecified atom stereocenters. The van der Waals surface area contributed by atoms with Crippen LogP contribution in [-0.4, -0.2) is 42.8 Å². The van der Waals surface area contributed by atoms with Crippen LogP contribution in [0.15, 0.2) is 147 Å². The van der Waals surface area contributed by atoms with Crippen LogP contribution in [0.3, 0.4) is 0 Å². The molecule has 1 saturated carbocycles. The molecule has 8 aromatic rings. The smallest absolute Gasteiger partial charge is 0.305 e. The Morgan fingerprint density at radius 1 is 0.526 bits per heavy atom. The number of hydrogen-bond donors (Lipinski definition) is 0. The first-order chi connectivity index (χ1) is 53.9. The van der Waals surface area contributed by atoms with Crippen molar-refractivity contribution in [3.05, 3.63) is 287 Å². The summed E-state index contributed by atoms with van der Waals surface area (Å²) in [6.45, 7) is 54.9. The second-order valence-electron chi connectivity index (χ2n) is 32.9. The van der Waals surface area contributed by atoms with E-state index in [-0.39, 0.29) is 91.8 Å². The van der Waals surface area contributed by atoms with Gasteiger partial charge in [0.2, 0.25) is 5.82 Å². The van der Waals surface area contributed by atoms with Crippen molar-refractivity contribution in [1.82, 2.24) is 19.9 Å². The first kappa shape index (κ1) is 103. The first-order valence-corrected chi connectivity index (χ1v) is 38.3. The van der Waals surface area contributed by atoms with E-state index in [1.165, 1.54) is 80.6 Å². The van der Waals surface area contributed by atoms with Crippen molar-refractivity contribution < 1.29 is 49.4 Å². The predicted molar refractivity (Wildman–Crippen MR) is 446 cm³/mol. The Labute approximate surface area is 682 Å². The zero-order valence-electron chi connectivity index (χ0n) is 71.4. The van der Waals surface area contributed by atoms with Gasteiger partial charge in [-0.25, -0.2) is 35.1 Å². The van der Waals surface area contributed by atoms with Crippen molar-refractivity contribution in [2.24, 2.45) is 22.7 Å². The molecule has 116 heavy (non-hydrogen) atoms. The van der Waals surface area contributed by atoms with E-state index in [1.807, 2.05) is 82.8 Å². The van der Waals surface area contributed by atoms with Gasteiger partial charge in [0.05, 0.1) is 49.9 Å². The summed E-state index contributed by atoms with van der Waals surface area (Å²) >= 11 is 0. The van der Waals surface area contributed by atoms with Crippen molar-refractivity contribution in [3.63, 3.8) is 0 Å². The number of nitro benzene ring substituents is 2. The number of rotatable bonds is 11. The molecule has 14 nitrogen and oxygen atoms in total. The molecule has 3 aromatic heterocycles. The van der Waals surface area contributed by atoms with Gasteiger partial charge in [-0.15, -0.1) is 0 Å². The number of hydrogen-bond acceptors (Lipinski definition) is 12. The number of halogens is 9. The highest BCUT2D eigenvalue weighted by Crippen LogP contribution is 2.57. The summed E-state index contributed by atoms with van der Waals surface area (Å²) in [5.74, 6) is -5.95. The topological polar surface area (TPSA) is 223 Å². The number of likely N-dealkylation sites (tertiary alicyclic amines) is 1. The van der Waals surface area contributed by atoms with Gasteiger partial charge >= 0.3 is 5.69 Å². The molecule has 0 bridgehead atoms. The van der Waals surface area contributed by atoms with Crippen LogP contribution in [0.2, 0.25) is 0 Å². The van der Waals surface area contributed by atoms with Crippen LogP contribution in [0.1, 0.15) is 281 Å². The number of non-ortho nitro benzene ring substituents is 1. The highest BCUT2D eigenvalue weighted by atomic mass is 19.2. The average Bonchev–Trinajstić information content (AvgIpc) is 1.61. The van der Waals surface area contributed by atoms with Gasteiger partial charge in [-0.2, -0.15) is 25.4 Å². The third-order valence-electron chi connectivity index (χ3n) is 18.6. The quantitative estimate of drug-likeness (QED) is 0.0388. The van der Waals surface area contributed by atoms with Gasteiger partial charge in [0.1, 0.15) is 29.3 Å². The molecule has 23 heteroatoms. The maximum absolute atomic E-state index is 13.3. The largest absolute Gasteiger partial charge is 0.310 e. The lowest BCUT2D eigenvalue weighted by molar-refractivity contribution is -0.387. The Morgan fingerprint density at radius 3 is 1.41 bits per heavy atom. The van der Waals surface area contributed by atoms with Crippen molar-refractivity contribution >= 4 is 23.5 Å². The molecule has 2 aliphatic rings. The fourth-order valence-corrected chi connectivity index (χ4v) is 11.0. The second-order valence-corrected chi connectivity index (χ2v) is 32.9. The van der Waals surface area contributed by atoms with Gasteiger partial charge in [0.15, 0.2) is 29.5 Å². The predicted octanol–water partition coefficient (Wildman–Crippen LogP) is 26.9. The fraction of sp³-hybridized carbons (Fsp3) is 0.430. The van der Waals surface area contributed by atoms with Crippen molar-refractivity contribution in [2.75, 3.05) is 13.1 Å². The molecule has 10 rings (SSSR count). The number of benzene rings is 5. The van der Waals surface area contributed by atoms with E-state index >= 15 is 0 Å². The molecular weight excluding hydrogens is 1490 g/mol. The van der Waals surface area contributed by atoms with Gasteiger partial charge in [0, 0.05) is 78.2 Å². The SMILES string of the molecule is C=Cc1cccc(C(C)(C)C)n1.C=Cc1ncccc1C(C)(C)C.CC(C)(C)C1(C#N)CC1.CC(C)C1CCN(C#N)C1.CC(C)c1c(F)c(F)cc(F)c1F.CC(C)c1cc(C#N)ccc1F.CC(C)c1cc([N+](=O)[O-])ccc1F.CC(C)c1cccc(C#N)c1F.CC(C)c1cccc([N+](=O)[O-])c1F.CC(C)c1cnccc1F. The maximum Gasteiger partial charge on any atom is 0.305 e. The number of aromatic nitrogens is 3. The minimum Gasteiger partial charge on any atom is -0.310 e. The second kappa shape index (κ2) is 48.4. The van der Waals surface area contributed by atoms with Crippen LogP contribution in [0.5, 0.6) is 0 Å². The molecule has 2 fully saturated rings. The molecule has 5 aromatic carbocycles. The molecule has 0 spiro atoms. The summed E-state index contributed by atoms with van der Waals surface area (Å²) in [6, 6.07) is 35.0. The first-order valence-electron chi connectivity index (χ1n) is 38.3. The molecule has 1 saturated heterocycles. The Hall–Kier alpha value is -11.0. The van der Waals surface area contributed by atoms with Crippen LogP contribution >= 0.6 is 0 Å². The Morgan fingerprint density at radius 2 is 1.03 bits per heavy atom. The normalized spacial score (nSPS) is 12.8. The number of nitrogens with zero attached hydrogens (tertiary/aromatic N) is 10. The highest BCUT2D eigenvalue weighted by Gasteiger charge is 2.52. The van der Waals surface area contributed by atoms with Gasteiger partial charge in [0.25, 0.3) is 5.69 Å².